The third-order valence-corrected chi connectivity index (χ3v) is 5.49. The summed E-state index contributed by atoms with van der Waals surface area (Å²) in [4.78, 5) is 29.0. The van der Waals surface area contributed by atoms with Gasteiger partial charge in [0.1, 0.15) is 0 Å². The lowest BCUT2D eigenvalue weighted by atomic mass is 10.2. The number of thioether (sulfide) groups is 1. The van der Waals surface area contributed by atoms with Gasteiger partial charge in [-0.15, -0.1) is 16.4 Å². The summed E-state index contributed by atoms with van der Waals surface area (Å²) < 4.78 is 6.17. The van der Waals surface area contributed by atoms with Crippen LogP contribution >= 0.6 is 23.1 Å². The first-order valence-electron chi connectivity index (χ1n) is 7.81. The molecule has 140 valence electrons. The van der Waals surface area contributed by atoms with E-state index < -0.39 is 5.97 Å². The number of esters is 1. The van der Waals surface area contributed by atoms with Gasteiger partial charge in [-0.25, -0.2) is 9.78 Å². The van der Waals surface area contributed by atoms with Crippen molar-refractivity contribution in [3.05, 3.63) is 40.4 Å². The normalized spacial score (nSPS) is 10.6. The van der Waals surface area contributed by atoms with Gasteiger partial charge >= 0.3 is 5.97 Å². The van der Waals surface area contributed by atoms with Crippen LogP contribution in [0.15, 0.2) is 29.4 Å². The molecule has 0 aliphatic carbocycles. The predicted molar refractivity (Wildman–Crippen MR) is 101 cm³/mol. The van der Waals surface area contributed by atoms with Crippen molar-refractivity contribution < 1.29 is 14.3 Å². The molecule has 2 heterocycles. The number of ether oxygens (including phenoxy) is 1. The number of hydrogen-bond acceptors (Lipinski definition) is 9. The van der Waals surface area contributed by atoms with Crippen LogP contribution in [-0.2, 0) is 9.53 Å². The maximum absolute atomic E-state index is 12.1. The van der Waals surface area contributed by atoms with Crippen LogP contribution in [-0.4, -0.2) is 49.9 Å². The molecule has 3 rings (SSSR count). The van der Waals surface area contributed by atoms with E-state index in [4.69, 9.17) is 0 Å². The summed E-state index contributed by atoms with van der Waals surface area (Å²) in [7, 11) is 1.33. The molecule has 0 saturated carbocycles. The number of hydrogen-bond donors (Lipinski definition) is 1. The summed E-state index contributed by atoms with van der Waals surface area (Å²) in [6.07, 6.45) is 0. The molecule has 9 nitrogen and oxygen atoms in total. The number of aromatic nitrogens is 5. The Kier molecular flexibility index (Phi) is 5.81. The van der Waals surface area contributed by atoms with Gasteiger partial charge in [-0.3, -0.25) is 4.79 Å². The Bertz CT molecular complexity index is 947. The number of tetrazole rings is 1. The molecule has 0 aliphatic rings. The fourth-order valence-corrected chi connectivity index (χ4v) is 3.62. The highest BCUT2D eigenvalue weighted by molar-refractivity contribution is 7.99. The number of carbonyl (C=O) groups excluding carboxylic acids is 2. The SMILES string of the molecule is COC(=O)c1ccc(-n2nnnc2SCC(=O)Nc2nc(C)c(C)s2)cc1. The van der Waals surface area contributed by atoms with Crippen molar-refractivity contribution in [1.82, 2.24) is 25.2 Å². The highest BCUT2D eigenvalue weighted by Crippen LogP contribution is 2.22. The number of rotatable bonds is 6. The molecular weight excluding hydrogens is 388 g/mol. The Morgan fingerprint density at radius 2 is 2.00 bits per heavy atom. The molecule has 2 aromatic heterocycles. The lowest BCUT2D eigenvalue weighted by molar-refractivity contribution is -0.113. The van der Waals surface area contributed by atoms with Gasteiger partial charge in [0.25, 0.3) is 0 Å². The number of methoxy groups -OCH3 is 1. The lowest BCUT2D eigenvalue weighted by Gasteiger charge is -2.05. The van der Waals surface area contributed by atoms with E-state index in [0.29, 0.717) is 21.5 Å². The molecule has 3 aromatic rings. The molecule has 0 atom stereocenters. The van der Waals surface area contributed by atoms with Gasteiger partial charge in [-0.1, -0.05) is 11.8 Å². The van der Waals surface area contributed by atoms with Gasteiger partial charge in [0, 0.05) is 4.88 Å². The average Bonchev–Trinajstić information content (AvgIpc) is 3.26. The van der Waals surface area contributed by atoms with Crippen molar-refractivity contribution in [2.75, 3.05) is 18.2 Å². The summed E-state index contributed by atoms with van der Waals surface area (Å²) >= 11 is 2.64. The smallest absolute Gasteiger partial charge is 0.337 e. The molecule has 0 aliphatic heterocycles. The second-order valence-corrected chi connectivity index (χ2v) is 7.55. The molecule has 1 aromatic carbocycles. The van der Waals surface area contributed by atoms with Crippen LogP contribution in [0.4, 0.5) is 5.13 Å². The molecule has 0 unspecified atom stereocenters. The fourth-order valence-electron chi connectivity index (χ4n) is 2.10. The summed E-state index contributed by atoms with van der Waals surface area (Å²) in [5.74, 6) is -0.472. The number of thiazole rings is 1. The maximum atomic E-state index is 12.1. The first-order chi connectivity index (χ1) is 13.0. The number of aryl methyl sites for hydroxylation is 2. The number of benzene rings is 1. The molecule has 0 saturated heterocycles. The zero-order valence-corrected chi connectivity index (χ0v) is 16.4. The van der Waals surface area contributed by atoms with Crippen LogP contribution in [0.1, 0.15) is 20.9 Å². The van der Waals surface area contributed by atoms with Gasteiger partial charge in [-0.05, 0) is 48.5 Å². The second-order valence-electron chi connectivity index (χ2n) is 5.41. The molecule has 11 heteroatoms. The molecule has 1 N–H and O–H groups in total. The number of carbonyl (C=O) groups is 2. The Balaban J connectivity index is 1.64. The second kappa shape index (κ2) is 8.27. The fraction of sp³-hybridized carbons (Fsp3) is 0.250. The van der Waals surface area contributed by atoms with Crippen LogP contribution < -0.4 is 5.32 Å². The number of anilines is 1. The van der Waals surface area contributed by atoms with E-state index in [9.17, 15) is 9.59 Å². The van der Waals surface area contributed by atoms with Crippen molar-refractivity contribution in [3.63, 3.8) is 0 Å². The number of nitrogens with zero attached hydrogens (tertiary/aromatic N) is 5. The predicted octanol–water partition coefficient (Wildman–Crippen LogP) is 2.25. The summed E-state index contributed by atoms with van der Waals surface area (Å²) in [5, 5.41) is 15.3. The van der Waals surface area contributed by atoms with Gasteiger partial charge < -0.3 is 10.1 Å². The highest BCUT2D eigenvalue weighted by atomic mass is 32.2. The average molecular weight is 404 g/mol. The minimum atomic E-state index is -0.419. The summed E-state index contributed by atoms with van der Waals surface area (Å²) in [5.41, 5.74) is 2.00. The zero-order valence-electron chi connectivity index (χ0n) is 14.8. The summed E-state index contributed by atoms with van der Waals surface area (Å²) in [6, 6.07) is 6.65. The molecule has 27 heavy (non-hydrogen) atoms. The van der Waals surface area contributed by atoms with Crippen LogP contribution in [0.3, 0.4) is 0 Å². The minimum absolute atomic E-state index is 0.137. The Hall–Kier alpha value is -2.79. The summed E-state index contributed by atoms with van der Waals surface area (Å²) in [6.45, 7) is 3.85. The van der Waals surface area contributed by atoms with Crippen molar-refractivity contribution in [3.8, 4) is 5.69 Å². The van der Waals surface area contributed by atoms with Crippen LogP contribution in [0.5, 0.6) is 0 Å². The number of nitrogens with one attached hydrogen (secondary N) is 1. The van der Waals surface area contributed by atoms with Crippen LogP contribution in [0, 0.1) is 13.8 Å². The standard InChI is InChI=1S/C16H16N6O3S2/c1-9-10(2)27-15(17-9)18-13(23)8-26-16-19-20-21-22(16)12-6-4-11(5-7-12)14(24)25-3/h4-7H,8H2,1-3H3,(H,17,18,23). The lowest BCUT2D eigenvalue weighted by Crippen LogP contribution is -2.14. The zero-order chi connectivity index (χ0) is 19.4. The molecule has 0 fully saturated rings. The quantitative estimate of drug-likeness (QED) is 0.492. The molecular formula is C16H16N6O3S2. The monoisotopic (exact) mass is 404 g/mol. The third-order valence-electron chi connectivity index (χ3n) is 3.58. The molecule has 0 radical (unpaired) electrons. The van der Waals surface area contributed by atoms with Crippen molar-refractivity contribution >= 4 is 40.1 Å². The van der Waals surface area contributed by atoms with E-state index in [1.54, 1.807) is 24.3 Å². The number of amides is 1. The van der Waals surface area contributed by atoms with Crippen molar-refractivity contribution in [2.24, 2.45) is 0 Å². The maximum Gasteiger partial charge on any atom is 0.337 e. The minimum Gasteiger partial charge on any atom is -0.465 e. The molecule has 0 bridgehead atoms. The van der Waals surface area contributed by atoms with Crippen LogP contribution in [0.25, 0.3) is 5.69 Å². The Morgan fingerprint density at radius 1 is 1.26 bits per heavy atom. The highest BCUT2D eigenvalue weighted by Gasteiger charge is 2.14. The van der Waals surface area contributed by atoms with Crippen LogP contribution in [0.2, 0.25) is 0 Å². The van der Waals surface area contributed by atoms with E-state index in [1.807, 2.05) is 13.8 Å². The van der Waals surface area contributed by atoms with E-state index in [1.165, 1.54) is 34.9 Å². The van der Waals surface area contributed by atoms with Crippen molar-refractivity contribution in [2.45, 2.75) is 19.0 Å². The van der Waals surface area contributed by atoms with Gasteiger partial charge in [0.2, 0.25) is 11.1 Å². The van der Waals surface area contributed by atoms with Gasteiger partial charge in [-0.2, -0.15) is 4.68 Å². The first kappa shape index (κ1) is 19.0. The molecule has 0 spiro atoms. The topological polar surface area (TPSA) is 112 Å². The Labute approximate surface area is 163 Å². The third kappa shape index (κ3) is 4.49. The van der Waals surface area contributed by atoms with E-state index in [-0.39, 0.29) is 11.7 Å². The van der Waals surface area contributed by atoms with Gasteiger partial charge in [0.05, 0.1) is 29.8 Å². The van der Waals surface area contributed by atoms with E-state index >= 15 is 0 Å². The molecule has 1 amide bonds. The van der Waals surface area contributed by atoms with E-state index in [2.05, 4.69) is 30.6 Å². The Morgan fingerprint density at radius 3 is 2.63 bits per heavy atom. The first-order valence-corrected chi connectivity index (χ1v) is 9.62. The largest absolute Gasteiger partial charge is 0.465 e. The van der Waals surface area contributed by atoms with Gasteiger partial charge in [0.15, 0.2) is 5.13 Å². The van der Waals surface area contributed by atoms with Crippen molar-refractivity contribution in [1.29, 1.82) is 0 Å². The van der Waals surface area contributed by atoms with E-state index in [0.717, 1.165) is 10.6 Å².